The number of unbranched alkanes of at least 4 members (excludes halogenated alkanes) is 1. The molecule has 0 aliphatic heterocycles. The van der Waals surface area contributed by atoms with Gasteiger partial charge in [-0.15, -0.1) is 0 Å². The van der Waals surface area contributed by atoms with Crippen molar-refractivity contribution in [3.8, 4) is 0 Å². The van der Waals surface area contributed by atoms with Crippen LogP contribution in [0.3, 0.4) is 0 Å². The van der Waals surface area contributed by atoms with Crippen LogP contribution >= 0.6 is 0 Å². The van der Waals surface area contributed by atoms with Gasteiger partial charge in [0.1, 0.15) is 0 Å². The first kappa shape index (κ1) is 11.3. The molecule has 0 saturated heterocycles. The van der Waals surface area contributed by atoms with Crippen LogP contribution in [0.2, 0.25) is 0 Å². The SMILES string of the molecule is CCCCOCc1ccc(C)c(C)c1. The molecule has 0 unspecified atom stereocenters. The van der Waals surface area contributed by atoms with Gasteiger partial charge < -0.3 is 4.74 Å². The molecule has 0 aliphatic carbocycles. The largest absolute Gasteiger partial charge is 0.377 e. The monoisotopic (exact) mass is 192 g/mol. The lowest BCUT2D eigenvalue weighted by Crippen LogP contribution is -1.95. The molecule has 0 aromatic heterocycles. The molecule has 1 nitrogen and oxygen atoms in total. The van der Waals surface area contributed by atoms with Gasteiger partial charge in [0.15, 0.2) is 0 Å². The molecule has 0 aliphatic rings. The van der Waals surface area contributed by atoms with Gasteiger partial charge in [-0.25, -0.2) is 0 Å². The van der Waals surface area contributed by atoms with E-state index in [1.165, 1.54) is 23.1 Å². The van der Waals surface area contributed by atoms with Crippen molar-refractivity contribution >= 4 is 0 Å². The van der Waals surface area contributed by atoms with Gasteiger partial charge in [-0.2, -0.15) is 0 Å². The van der Waals surface area contributed by atoms with Gasteiger partial charge in [-0.1, -0.05) is 31.5 Å². The third-order valence-electron chi connectivity index (χ3n) is 2.48. The molecule has 0 amide bonds. The van der Waals surface area contributed by atoms with E-state index in [2.05, 4.69) is 39.0 Å². The van der Waals surface area contributed by atoms with E-state index >= 15 is 0 Å². The van der Waals surface area contributed by atoms with E-state index in [9.17, 15) is 0 Å². The Balaban J connectivity index is 2.39. The molecule has 0 spiro atoms. The second-order valence-corrected chi connectivity index (χ2v) is 3.82. The van der Waals surface area contributed by atoms with Gasteiger partial charge in [0.05, 0.1) is 6.61 Å². The molecule has 1 aromatic carbocycles. The van der Waals surface area contributed by atoms with E-state index in [1.807, 2.05) is 0 Å². The predicted octanol–water partition coefficient (Wildman–Crippen LogP) is 3.62. The molecular formula is C13H20O. The third-order valence-corrected chi connectivity index (χ3v) is 2.48. The first-order valence-electron chi connectivity index (χ1n) is 5.38. The van der Waals surface area contributed by atoms with E-state index in [-0.39, 0.29) is 0 Å². The predicted molar refractivity (Wildman–Crippen MR) is 60.5 cm³/mol. The molecule has 0 saturated carbocycles. The third kappa shape index (κ3) is 3.51. The summed E-state index contributed by atoms with van der Waals surface area (Å²) < 4.78 is 5.55. The minimum Gasteiger partial charge on any atom is -0.377 e. The quantitative estimate of drug-likeness (QED) is 0.647. The fraction of sp³-hybridized carbons (Fsp3) is 0.538. The van der Waals surface area contributed by atoms with Crippen LogP contribution in [-0.4, -0.2) is 6.61 Å². The van der Waals surface area contributed by atoms with Crippen LogP contribution in [-0.2, 0) is 11.3 Å². The van der Waals surface area contributed by atoms with E-state index in [0.717, 1.165) is 19.6 Å². The fourth-order valence-electron chi connectivity index (χ4n) is 1.33. The molecule has 0 bridgehead atoms. The summed E-state index contributed by atoms with van der Waals surface area (Å²) in [5, 5.41) is 0. The van der Waals surface area contributed by atoms with Crippen LogP contribution in [0.1, 0.15) is 36.5 Å². The van der Waals surface area contributed by atoms with Gasteiger partial charge in [-0.3, -0.25) is 0 Å². The molecule has 1 rings (SSSR count). The Labute approximate surface area is 87.1 Å². The average Bonchev–Trinajstić information content (AvgIpc) is 2.18. The Morgan fingerprint density at radius 3 is 2.57 bits per heavy atom. The highest BCUT2D eigenvalue weighted by atomic mass is 16.5. The summed E-state index contributed by atoms with van der Waals surface area (Å²) in [4.78, 5) is 0. The highest BCUT2D eigenvalue weighted by Crippen LogP contribution is 2.10. The minimum absolute atomic E-state index is 0.751. The summed E-state index contributed by atoms with van der Waals surface area (Å²) in [7, 11) is 0. The standard InChI is InChI=1S/C13H20O/c1-4-5-8-14-10-13-7-6-11(2)12(3)9-13/h6-7,9H,4-5,8,10H2,1-3H3. The highest BCUT2D eigenvalue weighted by molar-refractivity contribution is 5.29. The Morgan fingerprint density at radius 1 is 1.14 bits per heavy atom. The number of hydrogen-bond acceptors (Lipinski definition) is 1. The summed E-state index contributed by atoms with van der Waals surface area (Å²) >= 11 is 0. The van der Waals surface area contributed by atoms with E-state index in [0.29, 0.717) is 0 Å². The molecule has 0 atom stereocenters. The van der Waals surface area contributed by atoms with Crippen molar-refractivity contribution in [2.24, 2.45) is 0 Å². The van der Waals surface area contributed by atoms with Crippen molar-refractivity contribution in [1.82, 2.24) is 0 Å². The van der Waals surface area contributed by atoms with Crippen LogP contribution in [0.15, 0.2) is 18.2 Å². The Bertz CT molecular complexity index is 279. The minimum atomic E-state index is 0.751. The fourth-order valence-corrected chi connectivity index (χ4v) is 1.33. The molecule has 1 aromatic rings. The zero-order chi connectivity index (χ0) is 10.4. The summed E-state index contributed by atoms with van der Waals surface area (Å²) in [6.07, 6.45) is 2.36. The number of benzene rings is 1. The lowest BCUT2D eigenvalue weighted by molar-refractivity contribution is 0.118. The molecule has 0 heterocycles. The lowest BCUT2D eigenvalue weighted by atomic mass is 10.1. The van der Waals surface area contributed by atoms with Crippen LogP contribution in [0.25, 0.3) is 0 Å². The first-order valence-corrected chi connectivity index (χ1v) is 5.38. The Hall–Kier alpha value is -0.820. The summed E-state index contributed by atoms with van der Waals surface area (Å²) in [5.41, 5.74) is 3.98. The maximum atomic E-state index is 5.55. The molecule has 0 radical (unpaired) electrons. The van der Waals surface area contributed by atoms with Gasteiger partial charge in [-0.05, 0) is 37.0 Å². The summed E-state index contributed by atoms with van der Waals surface area (Å²) in [6.45, 7) is 8.09. The topological polar surface area (TPSA) is 9.23 Å². The van der Waals surface area contributed by atoms with Gasteiger partial charge in [0, 0.05) is 6.61 Å². The molecule has 78 valence electrons. The molecule has 0 fully saturated rings. The zero-order valence-electron chi connectivity index (χ0n) is 9.47. The van der Waals surface area contributed by atoms with Crippen molar-refractivity contribution in [2.75, 3.05) is 6.61 Å². The Kier molecular flexibility index (Phi) is 4.68. The smallest absolute Gasteiger partial charge is 0.0716 e. The van der Waals surface area contributed by atoms with Crippen LogP contribution < -0.4 is 0 Å². The van der Waals surface area contributed by atoms with Gasteiger partial charge in [0.2, 0.25) is 0 Å². The second-order valence-electron chi connectivity index (χ2n) is 3.82. The average molecular weight is 192 g/mol. The van der Waals surface area contributed by atoms with E-state index < -0.39 is 0 Å². The van der Waals surface area contributed by atoms with Crippen molar-refractivity contribution in [3.05, 3.63) is 34.9 Å². The van der Waals surface area contributed by atoms with Gasteiger partial charge in [0.25, 0.3) is 0 Å². The van der Waals surface area contributed by atoms with Crippen LogP contribution in [0, 0.1) is 13.8 Å². The number of rotatable bonds is 5. The normalized spacial score (nSPS) is 10.5. The van der Waals surface area contributed by atoms with E-state index in [4.69, 9.17) is 4.74 Å². The second kappa shape index (κ2) is 5.82. The van der Waals surface area contributed by atoms with Crippen molar-refractivity contribution < 1.29 is 4.74 Å². The van der Waals surface area contributed by atoms with Crippen molar-refractivity contribution in [2.45, 2.75) is 40.2 Å². The zero-order valence-corrected chi connectivity index (χ0v) is 9.47. The first-order chi connectivity index (χ1) is 6.74. The van der Waals surface area contributed by atoms with Crippen molar-refractivity contribution in [1.29, 1.82) is 0 Å². The number of hydrogen-bond donors (Lipinski definition) is 0. The molecule has 0 N–H and O–H groups in total. The maximum absolute atomic E-state index is 5.55. The van der Waals surface area contributed by atoms with Crippen LogP contribution in [0.4, 0.5) is 0 Å². The summed E-state index contributed by atoms with van der Waals surface area (Å²) in [5.74, 6) is 0. The number of aryl methyl sites for hydroxylation is 2. The number of ether oxygens (including phenoxy) is 1. The molecule has 1 heteroatoms. The summed E-state index contributed by atoms with van der Waals surface area (Å²) in [6, 6.07) is 6.52. The molecule has 14 heavy (non-hydrogen) atoms. The van der Waals surface area contributed by atoms with Crippen molar-refractivity contribution in [3.63, 3.8) is 0 Å². The van der Waals surface area contributed by atoms with Gasteiger partial charge >= 0.3 is 0 Å². The highest BCUT2D eigenvalue weighted by Gasteiger charge is 1.96. The van der Waals surface area contributed by atoms with Crippen LogP contribution in [0.5, 0.6) is 0 Å². The Morgan fingerprint density at radius 2 is 1.93 bits per heavy atom. The maximum Gasteiger partial charge on any atom is 0.0716 e. The van der Waals surface area contributed by atoms with E-state index in [1.54, 1.807) is 0 Å². The lowest BCUT2D eigenvalue weighted by Gasteiger charge is -2.06. The molecular weight excluding hydrogens is 172 g/mol.